The third-order valence-electron chi connectivity index (χ3n) is 4.17. The summed E-state index contributed by atoms with van der Waals surface area (Å²) in [6, 6.07) is 9.92. The molecule has 3 nitrogen and oxygen atoms in total. The van der Waals surface area contributed by atoms with Gasteiger partial charge in [-0.05, 0) is 60.2 Å². The highest BCUT2D eigenvalue weighted by Crippen LogP contribution is 2.31. The first-order valence-electron chi connectivity index (χ1n) is 8.32. The minimum atomic E-state index is -0.0699. The number of nitrogens with zero attached hydrogens (tertiary/aromatic N) is 1. The molecule has 0 aliphatic heterocycles. The molecule has 1 aromatic carbocycles. The lowest BCUT2D eigenvalue weighted by molar-refractivity contribution is 0.102. The van der Waals surface area contributed by atoms with Crippen LogP contribution in [0.25, 0.3) is 0 Å². The minimum Gasteiger partial charge on any atom is -0.298 e. The Kier molecular flexibility index (Phi) is 5.20. The van der Waals surface area contributed by atoms with E-state index >= 15 is 0 Å². The first kappa shape index (κ1) is 16.8. The molecule has 0 saturated carbocycles. The predicted octanol–water partition coefficient (Wildman–Crippen LogP) is 5.63. The van der Waals surface area contributed by atoms with Crippen LogP contribution >= 0.6 is 34.4 Å². The predicted molar refractivity (Wildman–Crippen MR) is 107 cm³/mol. The van der Waals surface area contributed by atoms with Crippen LogP contribution in [0.3, 0.4) is 0 Å². The number of fused-ring (bicyclic) bond motifs is 1. The Morgan fingerprint density at radius 1 is 1.20 bits per heavy atom. The van der Waals surface area contributed by atoms with Crippen molar-refractivity contribution in [2.75, 3.05) is 5.32 Å². The van der Waals surface area contributed by atoms with Crippen LogP contribution in [-0.2, 0) is 18.6 Å². The molecule has 128 valence electrons. The maximum atomic E-state index is 12.8. The van der Waals surface area contributed by atoms with E-state index < -0.39 is 0 Å². The van der Waals surface area contributed by atoms with Crippen LogP contribution in [0.4, 0.5) is 5.13 Å². The van der Waals surface area contributed by atoms with Crippen molar-refractivity contribution in [3.63, 3.8) is 0 Å². The SMILES string of the molecule is O=C(Nc1nc2c(s1)CCCC2)c1ccccc1SCc1ccsc1. The van der Waals surface area contributed by atoms with Gasteiger partial charge in [0.25, 0.3) is 5.91 Å². The van der Waals surface area contributed by atoms with Crippen LogP contribution in [0.2, 0.25) is 0 Å². The first-order chi connectivity index (χ1) is 12.3. The van der Waals surface area contributed by atoms with E-state index in [1.807, 2.05) is 24.3 Å². The molecule has 6 heteroatoms. The number of hydrogen-bond donors (Lipinski definition) is 1. The van der Waals surface area contributed by atoms with E-state index in [-0.39, 0.29) is 5.91 Å². The van der Waals surface area contributed by atoms with Gasteiger partial charge in [-0.25, -0.2) is 4.98 Å². The molecule has 2 aromatic heterocycles. The maximum Gasteiger partial charge on any atom is 0.258 e. The fourth-order valence-electron chi connectivity index (χ4n) is 2.89. The summed E-state index contributed by atoms with van der Waals surface area (Å²) in [5.74, 6) is 0.804. The van der Waals surface area contributed by atoms with E-state index in [4.69, 9.17) is 0 Å². The van der Waals surface area contributed by atoms with Gasteiger partial charge in [0.05, 0.1) is 11.3 Å². The second-order valence-corrected chi connectivity index (χ2v) is 8.85. The number of thiazole rings is 1. The number of thioether (sulfide) groups is 1. The summed E-state index contributed by atoms with van der Waals surface area (Å²) < 4.78 is 0. The summed E-state index contributed by atoms with van der Waals surface area (Å²) in [4.78, 5) is 19.7. The second kappa shape index (κ2) is 7.72. The Bertz CT molecular complexity index is 847. The van der Waals surface area contributed by atoms with Crippen LogP contribution in [-0.4, -0.2) is 10.9 Å². The number of hydrogen-bond acceptors (Lipinski definition) is 5. The fraction of sp³-hybridized carbons (Fsp3) is 0.263. The van der Waals surface area contributed by atoms with Crippen molar-refractivity contribution in [2.45, 2.75) is 36.3 Å². The molecule has 0 radical (unpaired) electrons. The van der Waals surface area contributed by atoms with E-state index in [9.17, 15) is 4.79 Å². The lowest BCUT2D eigenvalue weighted by Gasteiger charge is -2.08. The number of nitrogens with one attached hydrogen (secondary N) is 1. The Labute approximate surface area is 159 Å². The first-order valence-corrected chi connectivity index (χ1v) is 11.1. The standard InChI is InChI=1S/C19H18N2OS3/c22-18(21-19-20-15-6-2-4-8-17(15)25-19)14-5-1-3-7-16(14)24-12-13-9-10-23-11-13/h1,3,5,7,9-11H,2,4,6,8,12H2,(H,20,21,22). The largest absolute Gasteiger partial charge is 0.298 e. The van der Waals surface area contributed by atoms with Crippen LogP contribution in [0.1, 0.15) is 39.3 Å². The molecule has 3 aromatic rings. The number of anilines is 1. The molecule has 1 amide bonds. The molecular formula is C19H18N2OS3. The van der Waals surface area contributed by atoms with E-state index in [1.54, 1.807) is 34.4 Å². The zero-order chi connectivity index (χ0) is 17.1. The highest BCUT2D eigenvalue weighted by atomic mass is 32.2. The zero-order valence-electron chi connectivity index (χ0n) is 13.7. The van der Waals surface area contributed by atoms with Crippen molar-refractivity contribution >= 4 is 45.5 Å². The number of amides is 1. The van der Waals surface area contributed by atoms with Gasteiger partial charge in [-0.3, -0.25) is 10.1 Å². The van der Waals surface area contributed by atoms with Gasteiger partial charge in [0.1, 0.15) is 0 Å². The highest BCUT2D eigenvalue weighted by molar-refractivity contribution is 7.98. The van der Waals surface area contributed by atoms with Crippen LogP contribution in [0.5, 0.6) is 0 Å². The molecule has 0 atom stereocenters. The van der Waals surface area contributed by atoms with Gasteiger partial charge >= 0.3 is 0 Å². The third-order valence-corrected chi connectivity index (χ3v) is 7.12. The van der Waals surface area contributed by atoms with Crippen LogP contribution in [0, 0.1) is 0 Å². The Balaban J connectivity index is 1.49. The quantitative estimate of drug-likeness (QED) is 0.578. The summed E-state index contributed by atoms with van der Waals surface area (Å²) in [5, 5.41) is 7.97. The van der Waals surface area contributed by atoms with Gasteiger partial charge in [0, 0.05) is 15.5 Å². The molecular weight excluding hydrogens is 368 g/mol. The summed E-state index contributed by atoms with van der Waals surface area (Å²) >= 11 is 5.03. The van der Waals surface area contributed by atoms with Crippen LogP contribution in [0.15, 0.2) is 46.0 Å². The van der Waals surface area contributed by atoms with Gasteiger partial charge in [0.15, 0.2) is 5.13 Å². The number of carbonyl (C=O) groups is 1. The Morgan fingerprint density at radius 3 is 2.92 bits per heavy atom. The molecule has 0 fully saturated rings. The summed E-state index contributed by atoms with van der Waals surface area (Å²) in [6.07, 6.45) is 4.56. The van der Waals surface area contributed by atoms with Crippen LogP contribution < -0.4 is 5.32 Å². The second-order valence-electron chi connectivity index (χ2n) is 5.97. The molecule has 1 aliphatic rings. The topological polar surface area (TPSA) is 42.0 Å². The van der Waals surface area contributed by atoms with Gasteiger partial charge in [-0.1, -0.05) is 12.1 Å². The van der Waals surface area contributed by atoms with Crippen molar-refractivity contribution < 1.29 is 4.79 Å². The van der Waals surface area contributed by atoms with Crippen molar-refractivity contribution in [3.05, 3.63) is 62.8 Å². The van der Waals surface area contributed by atoms with E-state index in [0.29, 0.717) is 0 Å². The fourth-order valence-corrected chi connectivity index (χ4v) is 5.70. The van der Waals surface area contributed by atoms with E-state index in [0.717, 1.165) is 34.2 Å². The monoisotopic (exact) mass is 386 g/mol. The van der Waals surface area contributed by atoms with Crippen molar-refractivity contribution in [2.24, 2.45) is 0 Å². The summed E-state index contributed by atoms with van der Waals surface area (Å²) in [6.45, 7) is 0. The molecule has 1 N–H and O–H groups in total. The van der Waals surface area contributed by atoms with Gasteiger partial charge in [0.2, 0.25) is 0 Å². The molecule has 4 rings (SSSR count). The third kappa shape index (κ3) is 3.97. The normalized spacial score (nSPS) is 13.4. The molecule has 1 aliphatic carbocycles. The van der Waals surface area contributed by atoms with Gasteiger partial charge in [-0.2, -0.15) is 11.3 Å². The van der Waals surface area contributed by atoms with Crippen molar-refractivity contribution in [1.82, 2.24) is 4.98 Å². The van der Waals surface area contributed by atoms with Gasteiger partial charge in [-0.15, -0.1) is 23.1 Å². The summed E-state index contributed by atoms with van der Waals surface area (Å²) in [7, 11) is 0. The average Bonchev–Trinajstić information content (AvgIpc) is 3.29. The minimum absolute atomic E-state index is 0.0699. The number of rotatable bonds is 5. The highest BCUT2D eigenvalue weighted by Gasteiger charge is 2.18. The lowest BCUT2D eigenvalue weighted by atomic mass is 10.0. The molecule has 0 saturated heterocycles. The van der Waals surface area contributed by atoms with E-state index in [2.05, 4.69) is 27.1 Å². The molecule has 0 bridgehead atoms. The average molecular weight is 387 g/mol. The summed E-state index contributed by atoms with van der Waals surface area (Å²) in [5.41, 5.74) is 3.18. The lowest BCUT2D eigenvalue weighted by Crippen LogP contribution is -2.12. The molecule has 2 heterocycles. The number of aryl methyl sites for hydroxylation is 2. The molecule has 0 spiro atoms. The Hall–Kier alpha value is -1.63. The molecule has 0 unspecified atom stereocenters. The Morgan fingerprint density at radius 2 is 2.08 bits per heavy atom. The number of carbonyl (C=O) groups excluding carboxylic acids is 1. The smallest absolute Gasteiger partial charge is 0.258 e. The number of aromatic nitrogens is 1. The number of thiophene rings is 1. The van der Waals surface area contributed by atoms with Gasteiger partial charge < -0.3 is 0 Å². The molecule has 25 heavy (non-hydrogen) atoms. The van der Waals surface area contributed by atoms with Crippen molar-refractivity contribution in [1.29, 1.82) is 0 Å². The van der Waals surface area contributed by atoms with E-state index in [1.165, 1.54) is 29.0 Å². The number of benzene rings is 1. The zero-order valence-corrected chi connectivity index (χ0v) is 16.1. The maximum absolute atomic E-state index is 12.8. The van der Waals surface area contributed by atoms with Crippen molar-refractivity contribution in [3.8, 4) is 0 Å².